The fraction of sp³-hybridized carbons (Fsp3) is 0.133. The molecule has 1 atom stereocenters. The summed E-state index contributed by atoms with van der Waals surface area (Å²) < 4.78 is 14.7. The molecule has 1 aliphatic heterocycles. The Kier molecular flexibility index (Phi) is 3.22. The average molecular weight is 335 g/mol. The quantitative estimate of drug-likeness (QED) is 0.871. The Morgan fingerprint density at radius 3 is 2.85 bits per heavy atom. The lowest BCUT2D eigenvalue weighted by Gasteiger charge is -2.14. The predicted molar refractivity (Wildman–Crippen MR) is 80.3 cm³/mol. The Balaban J connectivity index is 1.96. The Morgan fingerprint density at radius 2 is 2.05 bits per heavy atom. The molecule has 0 fully saturated rings. The number of aryl methyl sites for hydroxylation is 1. The van der Waals surface area contributed by atoms with Crippen molar-refractivity contribution >= 4 is 33.2 Å². The van der Waals surface area contributed by atoms with Crippen molar-refractivity contribution < 1.29 is 9.18 Å². The summed E-state index contributed by atoms with van der Waals surface area (Å²) in [7, 11) is 0. The number of nitrogens with one attached hydrogen (secondary N) is 2. The van der Waals surface area contributed by atoms with Crippen LogP contribution in [0, 0.1) is 12.7 Å². The third kappa shape index (κ3) is 2.29. The fourth-order valence-electron chi connectivity index (χ4n) is 2.28. The van der Waals surface area contributed by atoms with Crippen LogP contribution in [-0.4, -0.2) is 5.91 Å². The Labute approximate surface area is 124 Å². The van der Waals surface area contributed by atoms with E-state index in [4.69, 9.17) is 0 Å². The highest BCUT2D eigenvalue weighted by Crippen LogP contribution is 2.35. The molecule has 0 spiro atoms. The van der Waals surface area contributed by atoms with Crippen molar-refractivity contribution in [3.8, 4) is 0 Å². The maximum Gasteiger partial charge on any atom is 0.251 e. The molecule has 2 aromatic rings. The van der Waals surface area contributed by atoms with Gasteiger partial charge in [-0.05, 0) is 36.8 Å². The highest BCUT2D eigenvalue weighted by Gasteiger charge is 2.31. The van der Waals surface area contributed by atoms with E-state index in [1.54, 1.807) is 12.1 Å². The summed E-state index contributed by atoms with van der Waals surface area (Å²) in [6, 6.07) is 9.76. The molecule has 1 aliphatic rings. The molecule has 0 saturated carbocycles. The Bertz CT molecular complexity index is 702. The number of fused-ring (bicyclic) bond motifs is 1. The number of carbonyl (C=O) groups excluding carboxylic acids is 1. The van der Waals surface area contributed by atoms with E-state index in [0.29, 0.717) is 5.69 Å². The molecule has 0 bridgehead atoms. The summed E-state index contributed by atoms with van der Waals surface area (Å²) in [5.41, 5.74) is 2.83. The Morgan fingerprint density at radius 1 is 1.25 bits per heavy atom. The molecule has 0 aliphatic carbocycles. The molecule has 0 aromatic heterocycles. The molecule has 2 aromatic carbocycles. The number of rotatable bonds is 2. The van der Waals surface area contributed by atoms with Gasteiger partial charge in [0, 0.05) is 15.7 Å². The van der Waals surface area contributed by atoms with Gasteiger partial charge in [0.2, 0.25) is 0 Å². The van der Waals surface area contributed by atoms with Crippen molar-refractivity contribution in [1.29, 1.82) is 0 Å². The largest absolute Gasteiger partial charge is 0.368 e. The van der Waals surface area contributed by atoms with Crippen LogP contribution < -0.4 is 10.6 Å². The van der Waals surface area contributed by atoms with Gasteiger partial charge in [-0.1, -0.05) is 28.1 Å². The zero-order chi connectivity index (χ0) is 14.3. The standard InChI is InChI=1S/C15H12BrFN2O/c1-8-2-5-11(17)13(6-8)18-14-10-4-3-9(16)7-12(10)19-15(14)20/h2-7,14,18H,1H3,(H,19,20). The van der Waals surface area contributed by atoms with E-state index in [9.17, 15) is 9.18 Å². The van der Waals surface area contributed by atoms with Gasteiger partial charge >= 0.3 is 0 Å². The van der Waals surface area contributed by atoms with Gasteiger partial charge in [-0.3, -0.25) is 4.79 Å². The topological polar surface area (TPSA) is 41.1 Å². The lowest BCUT2D eigenvalue weighted by Crippen LogP contribution is -2.20. The highest BCUT2D eigenvalue weighted by molar-refractivity contribution is 9.10. The van der Waals surface area contributed by atoms with Gasteiger partial charge in [0.25, 0.3) is 5.91 Å². The van der Waals surface area contributed by atoms with Gasteiger partial charge < -0.3 is 10.6 Å². The Hall–Kier alpha value is -1.88. The first-order valence-electron chi connectivity index (χ1n) is 6.17. The van der Waals surface area contributed by atoms with Crippen LogP contribution in [0.1, 0.15) is 17.2 Å². The number of hydrogen-bond donors (Lipinski definition) is 2. The van der Waals surface area contributed by atoms with E-state index in [0.717, 1.165) is 21.3 Å². The molecule has 0 saturated heterocycles. The van der Waals surface area contributed by atoms with Crippen LogP contribution in [0.15, 0.2) is 40.9 Å². The van der Waals surface area contributed by atoms with Crippen molar-refractivity contribution in [2.45, 2.75) is 13.0 Å². The van der Waals surface area contributed by atoms with Crippen LogP contribution in [-0.2, 0) is 4.79 Å². The van der Waals surface area contributed by atoms with Crippen molar-refractivity contribution in [2.75, 3.05) is 10.6 Å². The van der Waals surface area contributed by atoms with Crippen LogP contribution in [0.3, 0.4) is 0 Å². The third-order valence-corrected chi connectivity index (χ3v) is 3.76. The SMILES string of the molecule is Cc1ccc(F)c(NC2C(=O)Nc3cc(Br)ccc32)c1. The number of hydrogen-bond acceptors (Lipinski definition) is 2. The lowest BCUT2D eigenvalue weighted by atomic mass is 10.1. The zero-order valence-corrected chi connectivity index (χ0v) is 12.3. The van der Waals surface area contributed by atoms with E-state index in [-0.39, 0.29) is 11.7 Å². The number of amides is 1. The van der Waals surface area contributed by atoms with Gasteiger partial charge in [-0.2, -0.15) is 0 Å². The van der Waals surface area contributed by atoms with Crippen molar-refractivity contribution in [3.05, 3.63) is 57.8 Å². The minimum absolute atomic E-state index is 0.181. The normalized spacial score (nSPS) is 16.8. The second kappa shape index (κ2) is 4.90. The molecule has 3 nitrogen and oxygen atoms in total. The van der Waals surface area contributed by atoms with Gasteiger partial charge in [0.1, 0.15) is 11.9 Å². The number of benzene rings is 2. The summed E-state index contributed by atoms with van der Waals surface area (Å²) >= 11 is 3.36. The molecule has 1 unspecified atom stereocenters. The minimum atomic E-state index is -0.575. The van der Waals surface area contributed by atoms with E-state index >= 15 is 0 Å². The number of anilines is 2. The lowest BCUT2D eigenvalue weighted by molar-refractivity contribution is -0.116. The van der Waals surface area contributed by atoms with Gasteiger partial charge in [-0.15, -0.1) is 0 Å². The van der Waals surface area contributed by atoms with Crippen molar-refractivity contribution in [3.63, 3.8) is 0 Å². The van der Waals surface area contributed by atoms with Crippen LogP contribution in [0.5, 0.6) is 0 Å². The molecule has 1 amide bonds. The van der Waals surface area contributed by atoms with E-state index in [1.165, 1.54) is 6.07 Å². The van der Waals surface area contributed by atoms with Crippen molar-refractivity contribution in [1.82, 2.24) is 0 Å². The summed E-state index contributed by atoms with van der Waals surface area (Å²) in [5, 5.41) is 5.76. The molecular weight excluding hydrogens is 323 g/mol. The first kappa shape index (κ1) is 13.1. The summed E-state index contributed by atoms with van der Waals surface area (Å²) in [6.07, 6.45) is 0. The van der Waals surface area contributed by atoms with E-state index < -0.39 is 6.04 Å². The van der Waals surface area contributed by atoms with Crippen molar-refractivity contribution in [2.24, 2.45) is 0 Å². The maximum absolute atomic E-state index is 13.8. The fourth-order valence-corrected chi connectivity index (χ4v) is 2.64. The zero-order valence-electron chi connectivity index (χ0n) is 10.7. The van der Waals surface area contributed by atoms with Crippen LogP contribution >= 0.6 is 15.9 Å². The maximum atomic E-state index is 13.8. The van der Waals surface area contributed by atoms with Gasteiger partial charge in [0.15, 0.2) is 0 Å². The summed E-state index contributed by atoms with van der Waals surface area (Å²) in [4.78, 5) is 12.0. The van der Waals surface area contributed by atoms with Gasteiger partial charge in [-0.25, -0.2) is 4.39 Å². The predicted octanol–water partition coefficient (Wildman–Crippen LogP) is 4.00. The monoisotopic (exact) mass is 334 g/mol. The molecule has 2 N–H and O–H groups in total. The van der Waals surface area contributed by atoms with Gasteiger partial charge in [0.05, 0.1) is 5.69 Å². The molecule has 102 valence electrons. The first-order valence-corrected chi connectivity index (χ1v) is 6.97. The van der Waals surface area contributed by atoms with Crippen LogP contribution in [0.4, 0.5) is 15.8 Å². The average Bonchev–Trinajstić information content (AvgIpc) is 2.69. The van der Waals surface area contributed by atoms with Crippen LogP contribution in [0.25, 0.3) is 0 Å². The minimum Gasteiger partial charge on any atom is -0.368 e. The highest BCUT2D eigenvalue weighted by atomic mass is 79.9. The third-order valence-electron chi connectivity index (χ3n) is 3.27. The molecule has 5 heteroatoms. The summed E-state index contributed by atoms with van der Waals surface area (Å²) in [5.74, 6) is -0.548. The van der Waals surface area contributed by atoms with Crippen LogP contribution in [0.2, 0.25) is 0 Å². The molecule has 20 heavy (non-hydrogen) atoms. The second-order valence-corrected chi connectivity index (χ2v) is 5.70. The second-order valence-electron chi connectivity index (χ2n) is 4.78. The molecule has 1 heterocycles. The molecular formula is C15H12BrFN2O. The van der Waals surface area contributed by atoms with E-state index in [1.807, 2.05) is 25.1 Å². The molecule has 0 radical (unpaired) electrons. The number of carbonyl (C=O) groups is 1. The van der Waals surface area contributed by atoms with E-state index in [2.05, 4.69) is 26.6 Å². The smallest absolute Gasteiger partial charge is 0.251 e. The number of halogens is 2. The summed E-state index contributed by atoms with van der Waals surface area (Å²) in [6.45, 7) is 1.88. The first-order chi connectivity index (χ1) is 9.54. The molecule has 3 rings (SSSR count).